The van der Waals surface area contributed by atoms with E-state index in [1.54, 1.807) is 7.11 Å². The summed E-state index contributed by atoms with van der Waals surface area (Å²) in [7, 11) is 1.70. The number of nitrogens with one attached hydrogen (secondary N) is 2. The summed E-state index contributed by atoms with van der Waals surface area (Å²) in [4.78, 5) is 9.33. The SMILES string of the molecule is COc1ccccc1CCNc1nc(NC2CC2)c2ccccc2n1. The molecule has 1 heterocycles. The lowest BCUT2D eigenvalue weighted by Crippen LogP contribution is -2.11. The smallest absolute Gasteiger partial charge is 0.225 e. The van der Waals surface area contributed by atoms with Crippen LogP contribution in [0.3, 0.4) is 0 Å². The number of hydrogen-bond acceptors (Lipinski definition) is 5. The second-order valence-electron chi connectivity index (χ2n) is 6.32. The van der Waals surface area contributed by atoms with Gasteiger partial charge in [-0.05, 0) is 43.0 Å². The van der Waals surface area contributed by atoms with Crippen LogP contribution in [0.1, 0.15) is 18.4 Å². The van der Waals surface area contributed by atoms with E-state index in [0.717, 1.165) is 35.4 Å². The van der Waals surface area contributed by atoms with E-state index in [1.165, 1.54) is 18.4 Å². The van der Waals surface area contributed by atoms with Crippen molar-refractivity contribution in [3.05, 3.63) is 54.1 Å². The third-order valence-corrected chi connectivity index (χ3v) is 4.39. The van der Waals surface area contributed by atoms with E-state index in [1.807, 2.05) is 36.4 Å². The van der Waals surface area contributed by atoms with E-state index in [2.05, 4.69) is 27.8 Å². The molecule has 2 aromatic carbocycles. The summed E-state index contributed by atoms with van der Waals surface area (Å²) in [5, 5.41) is 7.94. The van der Waals surface area contributed by atoms with Gasteiger partial charge in [0.1, 0.15) is 11.6 Å². The van der Waals surface area contributed by atoms with E-state index in [0.29, 0.717) is 12.0 Å². The van der Waals surface area contributed by atoms with Gasteiger partial charge in [-0.2, -0.15) is 4.98 Å². The number of para-hydroxylation sites is 2. The largest absolute Gasteiger partial charge is 0.496 e. The number of benzene rings is 2. The third kappa shape index (κ3) is 3.65. The molecule has 0 amide bonds. The van der Waals surface area contributed by atoms with E-state index < -0.39 is 0 Å². The van der Waals surface area contributed by atoms with Crippen LogP contribution >= 0.6 is 0 Å². The number of hydrogen-bond donors (Lipinski definition) is 2. The number of rotatable bonds is 7. The highest BCUT2D eigenvalue weighted by Crippen LogP contribution is 2.28. The van der Waals surface area contributed by atoms with Crippen molar-refractivity contribution in [2.45, 2.75) is 25.3 Å². The van der Waals surface area contributed by atoms with Gasteiger partial charge in [0.2, 0.25) is 5.95 Å². The fraction of sp³-hybridized carbons (Fsp3) is 0.300. The van der Waals surface area contributed by atoms with Crippen molar-refractivity contribution in [1.82, 2.24) is 9.97 Å². The quantitative estimate of drug-likeness (QED) is 0.687. The zero-order valence-electron chi connectivity index (χ0n) is 14.3. The molecule has 0 unspecified atom stereocenters. The zero-order chi connectivity index (χ0) is 17.1. The van der Waals surface area contributed by atoms with Gasteiger partial charge in [-0.15, -0.1) is 0 Å². The summed E-state index contributed by atoms with van der Waals surface area (Å²) in [5.41, 5.74) is 2.13. The maximum atomic E-state index is 5.41. The maximum Gasteiger partial charge on any atom is 0.225 e. The van der Waals surface area contributed by atoms with Gasteiger partial charge in [-0.1, -0.05) is 30.3 Å². The van der Waals surface area contributed by atoms with Gasteiger partial charge < -0.3 is 15.4 Å². The van der Waals surface area contributed by atoms with Crippen molar-refractivity contribution >= 4 is 22.7 Å². The van der Waals surface area contributed by atoms with Gasteiger partial charge in [-0.3, -0.25) is 0 Å². The Balaban J connectivity index is 1.51. The molecule has 4 rings (SSSR count). The van der Waals surface area contributed by atoms with Crippen LogP contribution in [0.5, 0.6) is 5.75 Å². The minimum atomic E-state index is 0.555. The molecule has 128 valence electrons. The van der Waals surface area contributed by atoms with E-state index >= 15 is 0 Å². The molecule has 1 saturated carbocycles. The second-order valence-corrected chi connectivity index (χ2v) is 6.32. The van der Waals surface area contributed by atoms with Crippen LogP contribution in [0.25, 0.3) is 10.9 Å². The Kier molecular flexibility index (Phi) is 4.37. The van der Waals surface area contributed by atoms with Gasteiger partial charge in [0.05, 0.1) is 12.6 Å². The minimum Gasteiger partial charge on any atom is -0.496 e. The molecule has 1 fully saturated rings. The zero-order valence-corrected chi connectivity index (χ0v) is 14.3. The molecule has 0 radical (unpaired) electrons. The predicted octanol–water partition coefficient (Wildman–Crippen LogP) is 3.87. The molecule has 0 bridgehead atoms. The van der Waals surface area contributed by atoms with Crippen molar-refractivity contribution in [3.63, 3.8) is 0 Å². The molecule has 0 atom stereocenters. The van der Waals surface area contributed by atoms with Crippen LogP contribution in [0.2, 0.25) is 0 Å². The molecule has 5 heteroatoms. The standard InChI is InChI=1S/C20H22N4O/c1-25-18-9-5-2-6-14(18)12-13-21-20-23-17-8-4-3-7-16(17)19(24-20)22-15-10-11-15/h2-9,15H,10-13H2,1H3,(H2,21,22,23,24). The van der Waals surface area contributed by atoms with Gasteiger partial charge in [-0.25, -0.2) is 4.98 Å². The van der Waals surface area contributed by atoms with Gasteiger partial charge >= 0.3 is 0 Å². The summed E-state index contributed by atoms with van der Waals surface area (Å²) in [5.74, 6) is 2.50. The number of fused-ring (bicyclic) bond motifs is 1. The first-order chi connectivity index (χ1) is 12.3. The van der Waals surface area contributed by atoms with Gasteiger partial charge in [0, 0.05) is 18.0 Å². The molecule has 3 aromatic rings. The van der Waals surface area contributed by atoms with Crippen LogP contribution in [-0.4, -0.2) is 29.7 Å². The maximum absolute atomic E-state index is 5.41. The fourth-order valence-corrected chi connectivity index (χ4v) is 2.91. The summed E-state index contributed by atoms with van der Waals surface area (Å²) >= 11 is 0. The molecular formula is C20H22N4O. The lowest BCUT2D eigenvalue weighted by atomic mass is 10.1. The van der Waals surface area contributed by atoms with E-state index in [9.17, 15) is 0 Å². The van der Waals surface area contributed by atoms with E-state index in [4.69, 9.17) is 9.72 Å². The topological polar surface area (TPSA) is 59.1 Å². The van der Waals surface area contributed by atoms with Crippen molar-refractivity contribution in [1.29, 1.82) is 0 Å². The monoisotopic (exact) mass is 334 g/mol. The van der Waals surface area contributed by atoms with Crippen LogP contribution in [-0.2, 0) is 6.42 Å². The Morgan fingerprint density at radius 2 is 1.84 bits per heavy atom. The highest BCUT2D eigenvalue weighted by atomic mass is 16.5. The first kappa shape index (κ1) is 15.7. The summed E-state index contributed by atoms with van der Waals surface area (Å²) in [6, 6.07) is 16.8. The lowest BCUT2D eigenvalue weighted by Gasteiger charge is -2.12. The van der Waals surface area contributed by atoms with Crippen LogP contribution in [0.15, 0.2) is 48.5 Å². The molecule has 0 aliphatic heterocycles. The number of aromatic nitrogens is 2. The highest BCUT2D eigenvalue weighted by Gasteiger charge is 2.22. The van der Waals surface area contributed by atoms with Gasteiger partial charge in [0.25, 0.3) is 0 Å². The first-order valence-electron chi connectivity index (χ1n) is 8.72. The predicted molar refractivity (Wildman–Crippen MR) is 101 cm³/mol. The fourth-order valence-electron chi connectivity index (χ4n) is 2.91. The van der Waals surface area contributed by atoms with Crippen molar-refractivity contribution < 1.29 is 4.74 Å². The highest BCUT2D eigenvalue weighted by molar-refractivity contribution is 5.90. The molecule has 1 aliphatic rings. The number of methoxy groups -OCH3 is 1. The molecule has 1 aromatic heterocycles. The average Bonchev–Trinajstić information content (AvgIpc) is 3.46. The minimum absolute atomic E-state index is 0.555. The normalized spacial score (nSPS) is 13.6. The Morgan fingerprint density at radius 3 is 2.68 bits per heavy atom. The Morgan fingerprint density at radius 1 is 1.04 bits per heavy atom. The Bertz CT molecular complexity index is 876. The first-order valence-corrected chi connectivity index (χ1v) is 8.72. The lowest BCUT2D eigenvalue weighted by molar-refractivity contribution is 0.410. The number of nitrogens with zero attached hydrogens (tertiary/aromatic N) is 2. The van der Waals surface area contributed by atoms with Gasteiger partial charge in [0.15, 0.2) is 0 Å². The average molecular weight is 334 g/mol. The van der Waals surface area contributed by atoms with E-state index in [-0.39, 0.29) is 0 Å². The van der Waals surface area contributed by atoms with Crippen LogP contribution in [0, 0.1) is 0 Å². The molecule has 0 saturated heterocycles. The Labute approximate surface area is 147 Å². The van der Waals surface area contributed by atoms with Crippen LogP contribution < -0.4 is 15.4 Å². The van der Waals surface area contributed by atoms with Crippen molar-refractivity contribution in [3.8, 4) is 5.75 Å². The third-order valence-electron chi connectivity index (χ3n) is 4.39. The number of anilines is 2. The molecular weight excluding hydrogens is 312 g/mol. The summed E-state index contributed by atoms with van der Waals surface area (Å²) in [6.45, 7) is 0.752. The molecule has 0 spiro atoms. The number of ether oxygens (including phenoxy) is 1. The molecule has 1 aliphatic carbocycles. The van der Waals surface area contributed by atoms with Crippen molar-refractivity contribution in [2.75, 3.05) is 24.3 Å². The van der Waals surface area contributed by atoms with Crippen LogP contribution in [0.4, 0.5) is 11.8 Å². The molecule has 2 N–H and O–H groups in total. The second kappa shape index (κ2) is 6.97. The summed E-state index contributed by atoms with van der Waals surface area (Å²) < 4.78 is 5.41. The summed E-state index contributed by atoms with van der Waals surface area (Å²) in [6.07, 6.45) is 3.29. The Hall–Kier alpha value is -2.82. The van der Waals surface area contributed by atoms with Crippen molar-refractivity contribution in [2.24, 2.45) is 0 Å². The molecule has 5 nitrogen and oxygen atoms in total. The molecule has 25 heavy (non-hydrogen) atoms.